The molecule has 4 aliphatic rings. The van der Waals surface area contributed by atoms with Crippen LogP contribution in [0.3, 0.4) is 0 Å². The van der Waals surface area contributed by atoms with Crippen LogP contribution in [0.1, 0.15) is 39.5 Å². The average Bonchev–Trinajstić information content (AvgIpc) is 2.82. The Kier molecular flexibility index (Phi) is 4.10. The van der Waals surface area contributed by atoms with Crippen molar-refractivity contribution in [3.63, 3.8) is 0 Å². The first-order valence-electron chi connectivity index (χ1n) is 9.76. The first-order valence-corrected chi connectivity index (χ1v) is 9.76. The molecule has 0 amide bonds. The molecule has 8 atom stereocenters. The molecule has 4 N–H and O–H groups in total. The van der Waals surface area contributed by atoms with Gasteiger partial charge < -0.3 is 20.4 Å². The Labute approximate surface area is 158 Å². The molecule has 0 heterocycles. The monoisotopic (exact) mass is 376 g/mol. The van der Waals surface area contributed by atoms with E-state index in [1.165, 1.54) is 0 Å². The molecule has 148 valence electrons. The van der Waals surface area contributed by atoms with E-state index in [2.05, 4.69) is 0 Å². The fraction of sp³-hybridized carbons (Fsp3) is 0.714. The Balaban J connectivity index is 1.78. The molecule has 4 aliphatic carbocycles. The van der Waals surface area contributed by atoms with Crippen LogP contribution in [-0.2, 0) is 9.59 Å². The molecule has 0 unspecified atom stereocenters. The van der Waals surface area contributed by atoms with Crippen LogP contribution in [0.4, 0.5) is 0 Å². The minimum absolute atomic E-state index is 0.00826. The normalized spacial score (nSPS) is 51.3. The van der Waals surface area contributed by atoms with Gasteiger partial charge in [-0.15, -0.1) is 0 Å². The number of carbonyl (C=O) groups is 2. The molecule has 0 aromatic heterocycles. The number of hydrogen-bond donors (Lipinski definition) is 4. The standard InChI is InChI=1S/C21H28O6/c1-19-6-5-12(23)7-11(19)3-4-13-14-8-16(25)21(27,17(26)10-22)20(14,2)9-15(24)18(13)19/h5-7,13-16,18,22,24-25,27H,3-4,8-10H2,1-2H3/t13-,14-,15-,16+,18+,19-,20+,21-/m0/s1. The van der Waals surface area contributed by atoms with Gasteiger partial charge in [-0.3, -0.25) is 9.59 Å². The third-order valence-corrected chi connectivity index (χ3v) is 8.28. The Bertz CT molecular complexity index is 756. The zero-order valence-corrected chi connectivity index (χ0v) is 15.8. The summed E-state index contributed by atoms with van der Waals surface area (Å²) in [6, 6.07) is 0. The fourth-order valence-corrected chi connectivity index (χ4v) is 6.96. The number of carbonyl (C=O) groups excluding carboxylic acids is 2. The predicted molar refractivity (Wildman–Crippen MR) is 96.4 cm³/mol. The Morgan fingerprint density at radius 3 is 2.67 bits per heavy atom. The second-order valence-electron chi connectivity index (χ2n) is 9.31. The van der Waals surface area contributed by atoms with Gasteiger partial charge in [-0.1, -0.05) is 25.5 Å². The lowest BCUT2D eigenvalue weighted by molar-refractivity contribution is -0.190. The molecular formula is C21H28O6. The quantitative estimate of drug-likeness (QED) is 0.559. The van der Waals surface area contributed by atoms with E-state index in [0.29, 0.717) is 0 Å². The van der Waals surface area contributed by atoms with Crippen molar-refractivity contribution in [2.75, 3.05) is 6.61 Å². The number of fused-ring (bicyclic) bond motifs is 5. The van der Waals surface area contributed by atoms with E-state index in [1.54, 1.807) is 19.1 Å². The summed E-state index contributed by atoms with van der Waals surface area (Å²) in [5.74, 6) is -1.09. The Morgan fingerprint density at radius 1 is 1.30 bits per heavy atom. The summed E-state index contributed by atoms with van der Waals surface area (Å²) < 4.78 is 0. The van der Waals surface area contributed by atoms with Crippen molar-refractivity contribution < 1.29 is 30.0 Å². The lowest BCUT2D eigenvalue weighted by Gasteiger charge is -2.59. The van der Waals surface area contributed by atoms with Gasteiger partial charge >= 0.3 is 0 Å². The number of allylic oxidation sites excluding steroid dienone is 4. The molecule has 0 saturated heterocycles. The molecule has 27 heavy (non-hydrogen) atoms. The summed E-state index contributed by atoms with van der Waals surface area (Å²) in [4.78, 5) is 24.2. The van der Waals surface area contributed by atoms with Gasteiger partial charge in [0, 0.05) is 16.7 Å². The molecule has 0 bridgehead atoms. The van der Waals surface area contributed by atoms with E-state index in [1.807, 2.05) is 13.0 Å². The Morgan fingerprint density at radius 2 is 2.00 bits per heavy atom. The molecule has 6 heteroatoms. The summed E-state index contributed by atoms with van der Waals surface area (Å²) in [6.45, 7) is 2.96. The second kappa shape index (κ2) is 5.83. The van der Waals surface area contributed by atoms with Crippen molar-refractivity contribution in [2.45, 2.75) is 57.3 Å². The van der Waals surface area contributed by atoms with Crippen molar-refractivity contribution in [1.29, 1.82) is 0 Å². The summed E-state index contributed by atoms with van der Waals surface area (Å²) in [6.07, 6.45) is 4.97. The van der Waals surface area contributed by atoms with Gasteiger partial charge in [0.15, 0.2) is 17.2 Å². The van der Waals surface area contributed by atoms with E-state index in [9.17, 15) is 30.0 Å². The van der Waals surface area contributed by atoms with Crippen molar-refractivity contribution >= 4 is 11.6 Å². The molecule has 0 spiro atoms. The maximum Gasteiger partial charge on any atom is 0.192 e. The van der Waals surface area contributed by atoms with Crippen LogP contribution < -0.4 is 0 Å². The van der Waals surface area contributed by atoms with Gasteiger partial charge in [0.2, 0.25) is 0 Å². The maximum atomic E-state index is 12.4. The van der Waals surface area contributed by atoms with Gasteiger partial charge in [-0.05, 0) is 49.7 Å². The average molecular weight is 376 g/mol. The molecule has 3 saturated carbocycles. The van der Waals surface area contributed by atoms with Crippen molar-refractivity contribution in [3.05, 3.63) is 23.8 Å². The molecule has 4 rings (SSSR count). The molecule has 3 fully saturated rings. The van der Waals surface area contributed by atoms with Crippen LogP contribution in [0.25, 0.3) is 0 Å². The Hall–Kier alpha value is -1.34. The summed E-state index contributed by atoms with van der Waals surface area (Å²) in [7, 11) is 0. The highest BCUT2D eigenvalue weighted by molar-refractivity contribution is 6.01. The topological polar surface area (TPSA) is 115 Å². The lowest BCUT2D eigenvalue weighted by Crippen LogP contribution is -2.63. The summed E-state index contributed by atoms with van der Waals surface area (Å²) in [5, 5.41) is 42.3. The van der Waals surface area contributed by atoms with Crippen LogP contribution >= 0.6 is 0 Å². The number of ketones is 2. The molecule has 0 aromatic rings. The maximum absolute atomic E-state index is 12.4. The number of hydrogen-bond acceptors (Lipinski definition) is 6. The molecule has 0 aromatic carbocycles. The minimum Gasteiger partial charge on any atom is -0.393 e. The number of aliphatic hydroxyl groups is 4. The van der Waals surface area contributed by atoms with Crippen molar-refractivity contribution in [2.24, 2.45) is 28.6 Å². The van der Waals surface area contributed by atoms with E-state index >= 15 is 0 Å². The van der Waals surface area contributed by atoms with Gasteiger partial charge in [0.25, 0.3) is 0 Å². The first-order chi connectivity index (χ1) is 12.6. The summed E-state index contributed by atoms with van der Waals surface area (Å²) in [5.41, 5.74) is -2.46. The smallest absolute Gasteiger partial charge is 0.192 e. The molecule has 6 nitrogen and oxygen atoms in total. The van der Waals surface area contributed by atoms with Crippen LogP contribution in [0.5, 0.6) is 0 Å². The third-order valence-electron chi connectivity index (χ3n) is 8.28. The summed E-state index contributed by atoms with van der Waals surface area (Å²) >= 11 is 0. The highest BCUT2D eigenvalue weighted by atomic mass is 16.4. The van der Waals surface area contributed by atoms with E-state index in [0.717, 1.165) is 18.4 Å². The fourth-order valence-electron chi connectivity index (χ4n) is 6.96. The van der Waals surface area contributed by atoms with Gasteiger partial charge in [-0.25, -0.2) is 0 Å². The van der Waals surface area contributed by atoms with Gasteiger partial charge in [0.05, 0.1) is 12.2 Å². The zero-order chi connectivity index (χ0) is 19.8. The first kappa shape index (κ1) is 19.0. The molecular weight excluding hydrogens is 348 g/mol. The zero-order valence-electron chi connectivity index (χ0n) is 15.8. The van der Waals surface area contributed by atoms with E-state index in [4.69, 9.17) is 0 Å². The lowest BCUT2D eigenvalue weighted by atomic mass is 9.46. The van der Waals surface area contributed by atoms with Gasteiger partial charge in [-0.2, -0.15) is 0 Å². The second-order valence-corrected chi connectivity index (χ2v) is 9.31. The van der Waals surface area contributed by atoms with Crippen LogP contribution in [0.15, 0.2) is 23.8 Å². The minimum atomic E-state index is -2.05. The third kappa shape index (κ3) is 2.21. The number of Topliss-reactive ketones (excluding diaryl/α,β-unsaturated/α-hetero) is 1. The molecule has 0 aliphatic heterocycles. The van der Waals surface area contributed by atoms with Crippen LogP contribution in [-0.4, -0.2) is 56.4 Å². The van der Waals surface area contributed by atoms with Crippen LogP contribution in [0, 0.1) is 28.6 Å². The number of aliphatic hydroxyl groups excluding tert-OH is 3. The highest BCUT2D eigenvalue weighted by Gasteiger charge is 2.71. The highest BCUT2D eigenvalue weighted by Crippen LogP contribution is 2.67. The van der Waals surface area contributed by atoms with Crippen molar-refractivity contribution in [1.82, 2.24) is 0 Å². The number of rotatable bonds is 2. The van der Waals surface area contributed by atoms with Crippen LogP contribution in [0.2, 0.25) is 0 Å². The van der Waals surface area contributed by atoms with Gasteiger partial charge in [0.1, 0.15) is 6.61 Å². The van der Waals surface area contributed by atoms with E-state index < -0.39 is 41.0 Å². The largest absolute Gasteiger partial charge is 0.393 e. The van der Waals surface area contributed by atoms with E-state index in [-0.39, 0.29) is 36.4 Å². The SMILES string of the molecule is C[C@]12C=CC(=O)C=C1CC[C@@H]1[C@@H]2[C@@H](O)C[C@]2(C)[C@H]1C[C@@H](O)[C@]2(O)C(=O)CO. The van der Waals surface area contributed by atoms with Crippen molar-refractivity contribution in [3.8, 4) is 0 Å². The predicted octanol–water partition coefficient (Wildman–Crippen LogP) is 0.528. The molecule has 0 radical (unpaired) electrons.